The van der Waals surface area contributed by atoms with Gasteiger partial charge in [0.05, 0.1) is 10.6 Å². The maximum atomic E-state index is 8.84. The highest BCUT2D eigenvalue weighted by Crippen LogP contribution is 2.32. The maximum Gasteiger partial charge on any atom is 0.165 e. The molecule has 0 aromatic carbocycles. The van der Waals surface area contributed by atoms with Crippen LogP contribution >= 0.6 is 36.2 Å². The van der Waals surface area contributed by atoms with E-state index in [0.29, 0.717) is 10.7 Å². The summed E-state index contributed by atoms with van der Waals surface area (Å²) in [6.07, 6.45) is 4.48. The monoisotopic (exact) mass is 241 g/mol. The van der Waals surface area contributed by atoms with Crippen molar-refractivity contribution in [2.75, 3.05) is 6.61 Å². The van der Waals surface area contributed by atoms with Crippen LogP contribution in [0.4, 0.5) is 0 Å². The van der Waals surface area contributed by atoms with Gasteiger partial charge in [-0.05, 0) is 18.1 Å². The largest absolute Gasteiger partial charge is 0.396 e. The molecule has 1 heterocycles. The van der Waals surface area contributed by atoms with Gasteiger partial charge in [-0.15, -0.1) is 0 Å². The van der Waals surface area contributed by atoms with Gasteiger partial charge in [0.1, 0.15) is 0 Å². The number of aliphatic hydroxyl groups excluding tert-OH is 1. The number of nitrogens with zero attached hydrogens (tertiary/aromatic N) is 1. The molecule has 0 amide bonds. The summed E-state index contributed by atoms with van der Waals surface area (Å²) in [5.41, 5.74) is 1.77. The molecule has 2 nitrogen and oxygen atoms in total. The second-order valence-corrected chi connectivity index (χ2v) is 4.94. The normalized spacial score (nSPS) is 20.2. The Kier molecular flexibility index (Phi) is 2.92. The summed E-state index contributed by atoms with van der Waals surface area (Å²) in [4.78, 5) is 5.96. The molecule has 14 heavy (non-hydrogen) atoms. The number of aliphatic hydroxyl groups is 1. The number of thioether (sulfide) groups is 1. The zero-order chi connectivity index (χ0) is 10.1. The Balaban J connectivity index is 2.34. The third-order valence-corrected chi connectivity index (χ3v) is 3.57. The van der Waals surface area contributed by atoms with E-state index in [4.69, 9.17) is 29.5 Å². The highest BCUT2D eigenvalue weighted by atomic mass is 32.2. The first-order valence-electron chi connectivity index (χ1n) is 4.09. The molecule has 0 aromatic heterocycles. The zero-order valence-electron chi connectivity index (χ0n) is 7.19. The van der Waals surface area contributed by atoms with Crippen LogP contribution in [0.15, 0.2) is 27.6 Å². The molecule has 2 aliphatic rings. The first kappa shape index (κ1) is 10.2. The molecule has 5 heteroatoms. The minimum atomic E-state index is 0.111. The van der Waals surface area contributed by atoms with Gasteiger partial charge < -0.3 is 5.11 Å². The number of aliphatic imine (C=N–C) groups is 1. The summed E-state index contributed by atoms with van der Waals surface area (Å²) in [6, 6.07) is 0. The third-order valence-electron chi connectivity index (χ3n) is 1.96. The van der Waals surface area contributed by atoms with Crippen molar-refractivity contribution in [1.29, 1.82) is 0 Å². The second-order valence-electron chi connectivity index (χ2n) is 2.85. The molecule has 0 unspecified atom stereocenters. The number of hydrogen-bond donors (Lipinski definition) is 1. The molecular weight excluding hydrogens is 234 g/mol. The molecule has 1 aliphatic carbocycles. The smallest absolute Gasteiger partial charge is 0.165 e. The van der Waals surface area contributed by atoms with E-state index in [1.165, 1.54) is 11.8 Å². The quantitative estimate of drug-likeness (QED) is 0.750. The van der Waals surface area contributed by atoms with Gasteiger partial charge in [-0.25, -0.2) is 4.99 Å². The summed E-state index contributed by atoms with van der Waals surface area (Å²) in [5.74, 6) is 0. The Morgan fingerprint density at radius 3 is 2.86 bits per heavy atom. The fourth-order valence-electron chi connectivity index (χ4n) is 1.31. The predicted octanol–water partition coefficient (Wildman–Crippen LogP) is 2.04. The van der Waals surface area contributed by atoms with Gasteiger partial charge >= 0.3 is 0 Å². The van der Waals surface area contributed by atoms with Gasteiger partial charge in [-0.1, -0.05) is 42.3 Å². The average Bonchev–Trinajstić information content (AvgIpc) is 2.52. The molecule has 0 saturated heterocycles. The number of hydrogen-bond acceptors (Lipinski definition) is 4. The summed E-state index contributed by atoms with van der Waals surface area (Å²) in [5, 5.41) is 8.84. The Hall–Kier alpha value is -0.360. The Labute approximate surface area is 96.8 Å². The predicted molar refractivity (Wildman–Crippen MR) is 68.1 cm³/mol. The van der Waals surface area contributed by atoms with E-state index >= 15 is 0 Å². The fraction of sp³-hybridized carbons (Fsp3) is 0.222. The maximum absolute atomic E-state index is 8.84. The van der Waals surface area contributed by atoms with Crippen LogP contribution < -0.4 is 0 Å². The third kappa shape index (κ3) is 1.72. The van der Waals surface area contributed by atoms with Gasteiger partial charge in [0.2, 0.25) is 0 Å². The Morgan fingerprint density at radius 2 is 2.14 bits per heavy atom. The standard InChI is InChI=1S/C9H7NOS3/c11-4-3-5-1-2-6-7(8(5)12)10-9(13)14-6/h1-2,11H,3-4H2. The van der Waals surface area contributed by atoms with Crippen LogP contribution in [0, 0.1) is 0 Å². The van der Waals surface area contributed by atoms with Crippen molar-refractivity contribution >= 4 is 51.1 Å². The van der Waals surface area contributed by atoms with E-state index in [1.54, 1.807) is 0 Å². The first-order chi connectivity index (χ1) is 6.72. The number of fused-ring (bicyclic) bond motifs is 1. The minimum Gasteiger partial charge on any atom is -0.396 e. The van der Waals surface area contributed by atoms with Crippen LogP contribution in [-0.2, 0) is 0 Å². The van der Waals surface area contributed by atoms with Crippen molar-refractivity contribution in [3.8, 4) is 0 Å². The lowest BCUT2D eigenvalue weighted by atomic mass is 10.0. The summed E-state index contributed by atoms with van der Waals surface area (Å²) in [6.45, 7) is 0.111. The molecule has 2 rings (SSSR count). The molecule has 0 atom stereocenters. The number of thiocarbonyl (C=S) groups is 2. The van der Waals surface area contributed by atoms with Crippen molar-refractivity contribution in [1.82, 2.24) is 0 Å². The van der Waals surface area contributed by atoms with E-state index in [1.807, 2.05) is 12.2 Å². The molecule has 0 bridgehead atoms. The van der Waals surface area contributed by atoms with Crippen molar-refractivity contribution < 1.29 is 5.11 Å². The van der Waals surface area contributed by atoms with E-state index in [-0.39, 0.29) is 6.61 Å². The van der Waals surface area contributed by atoms with Crippen molar-refractivity contribution in [2.24, 2.45) is 4.99 Å². The van der Waals surface area contributed by atoms with Crippen molar-refractivity contribution in [3.63, 3.8) is 0 Å². The number of allylic oxidation sites excluding steroid dienone is 3. The first-order valence-corrected chi connectivity index (χ1v) is 5.73. The van der Waals surface area contributed by atoms with Crippen molar-refractivity contribution in [2.45, 2.75) is 6.42 Å². The fourth-order valence-corrected chi connectivity index (χ4v) is 2.77. The molecule has 0 saturated carbocycles. The SMILES string of the molecule is OCCC1=CC=C2SC(=S)N=C2C1=S. The van der Waals surface area contributed by atoms with Crippen LogP contribution in [0.1, 0.15) is 6.42 Å². The van der Waals surface area contributed by atoms with Gasteiger partial charge in [-0.3, -0.25) is 0 Å². The van der Waals surface area contributed by atoms with Crippen LogP contribution in [-0.4, -0.2) is 26.6 Å². The Bertz CT molecular complexity index is 406. The molecular formula is C9H7NOS3. The van der Waals surface area contributed by atoms with Crippen molar-refractivity contribution in [3.05, 3.63) is 22.6 Å². The van der Waals surface area contributed by atoms with Crippen LogP contribution in [0.2, 0.25) is 0 Å². The Morgan fingerprint density at radius 1 is 1.36 bits per heavy atom. The van der Waals surface area contributed by atoms with Gasteiger partial charge in [-0.2, -0.15) is 0 Å². The molecule has 0 radical (unpaired) electrons. The van der Waals surface area contributed by atoms with Crippen LogP contribution in [0.5, 0.6) is 0 Å². The van der Waals surface area contributed by atoms with E-state index in [0.717, 1.165) is 21.1 Å². The van der Waals surface area contributed by atoms with E-state index in [9.17, 15) is 0 Å². The zero-order valence-corrected chi connectivity index (χ0v) is 9.64. The lowest BCUT2D eigenvalue weighted by Crippen LogP contribution is -2.17. The highest BCUT2D eigenvalue weighted by Gasteiger charge is 2.26. The topological polar surface area (TPSA) is 32.6 Å². The van der Waals surface area contributed by atoms with Gasteiger partial charge in [0, 0.05) is 11.5 Å². The lowest BCUT2D eigenvalue weighted by Gasteiger charge is -2.12. The molecule has 0 fully saturated rings. The van der Waals surface area contributed by atoms with Gasteiger partial charge in [0.25, 0.3) is 0 Å². The highest BCUT2D eigenvalue weighted by molar-refractivity contribution is 8.26. The molecule has 0 spiro atoms. The van der Waals surface area contributed by atoms with E-state index < -0.39 is 0 Å². The summed E-state index contributed by atoms with van der Waals surface area (Å²) < 4.78 is 0.618. The summed E-state index contributed by atoms with van der Waals surface area (Å²) in [7, 11) is 0. The second kappa shape index (κ2) is 4.02. The van der Waals surface area contributed by atoms with Gasteiger partial charge in [0.15, 0.2) is 4.32 Å². The minimum absolute atomic E-state index is 0.111. The molecule has 0 aromatic rings. The molecule has 1 N–H and O–H groups in total. The van der Waals surface area contributed by atoms with Crippen LogP contribution in [0.3, 0.4) is 0 Å². The molecule has 1 aliphatic heterocycles. The lowest BCUT2D eigenvalue weighted by molar-refractivity contribution is 0.301. The average molecular weight is 241 g/mol. The van der Waals surface area contributed by atoms with Crippen LogP contribution in [0.25, 0.3) is 0 Å². The molecule has 72 valence electrons. The number of rotatable bonds is 2. The summed E-state index contributed by atoms with van der Waals surface area (Å²) >= 11 is 11.7. The van der Waals surface area contributed by atoms with E-state index in [2.05, 4.69) is 4.99 Å².